The van der Waals surface area contributed by atoms with Gasteiger partial charge >= 0.3 is 0 Å². The minimum atomic E-state index is -0.405. The summed E-state index contributed by atoms with van der Waals surface area (Å²) in [6.07, 6.45) is 0. The van der Waals surface area contributed by atoms with Crippen LogP contribution < -0.4 is 0 Å². The van der Waals surface area contributed by atoms with Crippen LogP contribution in [-0.2, 0) is 0 Å². The summed E-state index contributed by atoms with van der Waals surface area (Å²) in [6.45, 7) is 0. The van der Waals surface area contributed by atoms with Crippen LogP contribution in [0.1, 0.15) is 8.22 Å². The first-order chi connectivity index (χ1) is 28.8. The normalized spacial score (nSPS) is 13.4. The molecule has 53 heavy (non-hydrogen) atoms. The van der Waals surface area contributed by atoms with E-state index >= 15 is 0 Å². The average molecular weight is 679 g/mol. The minimum Gasteiger partial charge on any atom is -0.455 e. The van der Waals surface area contributed by atoms with Gasteiger partial charge in [-0.25, -0.2) is 0 Å². The molecule has 1 heterocycles. The summed E-state index contributed by atoms with van der Waals surface area (Å²) in [4.78, 5) is 0. The molecule has 1 heteroatoms. The number of para-hydroxylation sites is 1. The molecular weight excluding hydrogens is 641 g/mol. The summed E-state index contributed by atoms with van der Waals surface area (Å²) in [5, 5.41) is 7.85. The molecule has 0 amide bonds. The molecular formula is C52H32O. The van der Waals surface area contributed by atoms with Gasteiger partial charge in [-0.3, -0.25) is 0 Å². The lowest BCUT2D eigenvalue weighted by Crippen LogP contribution is -1.92. The second-order valence-electron chi connectivity index (χ2n) is 13.5. The van der Waals surface area contributed by atoms with E-state index in [4.69, 9.17) is 7.16 Å². The molecule has 246 valence electrons. The predicted molar refractivity (Wildman–Crippen MR) is 225 cm³/mol. The Morgan fingerprint density at radius 3 is 1.66 bits per heavy atom. The largest absolute Gasteiger partial charge is 0.455 e. The minimum absolute atomic E-state index is 0.133. The summed E-state index contributed by atoms with van der Waals surface area (Å²) >= 11 is 0. The van der Waals surface area contributed by atoms with Gasteiger partial charge in [0, 0.05) is 16.3 Å². The molecule has 1 aromatic heterocycles. The van der Waals surface area contributed by atoms with Crippen molar-refractivity contribution in [3.8, 4) is 44.5 Å². The highest BCUT2D eigenvalue weighted by Gasteiger charge is 2.20. The van der Waals surface area contributed by atoms with Crippen molar-refractivity contribution >= 4 is 65.0 Å². The number of furan rings is 1. The Balaban J connectivity index is 1.24. The van der Waals surface area contributed by atoms with Crippen LogP contribution in [0, 0.1) is 0 Å². The fraction of sp³-hybridized carbons (Fsp3) is 0. The average Bonchev–Trinajstić information content (AvgIpc) is 3.66. The fourth-order valence-corrected chi connectivity index (χ4v) is 8.28. The van der Waals surface area contributed by atoms with Gasteiger partial charge in [0.25, 0.3) is 0 Å². The first-order valence-corrected chi connectivity index (χ1v) is 17.8. The Labute approximate surface area is 315 Å². The Hall–Kier alpha value is -6.96. The van der Waals surface area contributed by atoms with Crippen molar-refractivity contribution in [2.24, 2.45) is 0 Å². The Kier molecular flexibility index (Phi) is 5.40. The van der Waals surface area contributed by atoms with E-state index in [-0.39, 0.29) is 40.5 Å². The summed E-state index contributed by atoms with van der Waals surface area (Å²) in [7, 11) is 0. The molecule has 0 unspecified atom stereocenters. The van der Waals surface area contributed by atoms with Crippen LogP contribution in [0.3, 0.4) is 0 Å². The van der Waals surface area contributed by atoms with E-state index in [1.54, 1.807) is 0 Å². The summed E-state index contributed by atoms with van der Waals surface area (Å²) in [5.74, 6) is 0. The lowest BCUT2D eigenvalue weighted by Gasteiger charge is -2.19. The lowest BCUT2D eigenvalue weighted by atomic mass is 9.84. The van der Waals surface area contributed by atoms with E-state index in [2.05, 4.69) is 60.7 Å². The van der Waals surface area contributed by atoms with Crippen LogP contribution in [-0.4, -0.2) is 0 Å². The molecule has 11 aromatic rings. The highest BCUT2D eigenvalue weighted by Crippen LogP contribution is 2.47. The van der Waals surface area contributed by atoms with Crippen LogP contribution in [0.15, 0.2) is 198 Å². The van der Waals surface area contributed by atoms with Crippen LogP contribution in [0.5, 0.6) is 0 Å². The molecule has 10 aromatic carbocycles. The van der Waals surface area contributed by atoms with Gasteiger partial charge in [-0.05, 0) is 94.2 Å². The number of hydrogen-bond acceptors (Lipinski definition) is 1. The number of hydrogen-bond donors (Lipinski definition) is 0. The molecule has 0 aliphatic rings. The first-order valence-electron chi connectivity index (χ1n) is 20.8. The van der Waals surface area contributed by atoms with Crippen molar-refractivity contribution in [2.75, 3.05) is 0 Å². The van der Waals surface area contributed by atoms with E-state index in [0.29, 0.717) is 27.9 Å². The molecule has 11 rings (SSSR count). The summed E-state index contributed by atoms with van der Waals surface area (Å²) in [6, 6.07) is 50.9. The molecule has 0 bridgehead atoms. The SMILES string of the molecule is [2H]c1c([2H])c([2H])c2c(-c3cccc4c3oc3ccc(-c5cccc6ccccc56)cc34)c([2H])c([2H])c(-c3c4ccccc4c(-c4ccccc4)c4ccccc34)c2c1[2H]. The predicted octanol–water partition coefficient (Wildman–Crippen LogP) is 14.9. The Morgan fingerprint density at radius 1 is 0.340 bits per heavy atom. The Morgan fingerprint density at radius 2 is 0.906 bits per heavy atom. The van der Waals surface area contributed by atoms with Gasteiger partial charge in [0.15, 0.2) is 0 Å². The van der Waals surface area contributed by atoms with E-state index < -0.39 is 12.1 Å². The van der Waals surface area contributed by atoms with Gasteiger partial charge in [-0.15, -0.1) is 0 Å². The molecule has 0 saturated carbocycles. The van der Waals surface area contributed by atoms with Crippen molar-refractivity contribution in [1.29, 1.82) is 0 Å². The maximum absolute atomic E-state index is 9.90. The molecule has 0 saturated heterocycles. The maximum Gasteiger partial charge on any atom is 0.143 e. The van der Waals surface area contributed by atoms with Crippen LogP contribution in [0.4, 0.5) is 0 Å². The van der Waals surface area contributed by atoms with Crippen molar-refractivity contribution in [2.45, 2.75) is 0 Å². The first kappa shape index (κ1) is 24.3. The van der Waals surface area contributed by atoms with Crippen molar-refractivity contribution in [1.82, 2.24) is 0 Å². The third kappa shape index (κ3) is 4.58. The zero-order valence-electron chi connectivity index (χ0n) is 34.4. The highest BCUT2D eigenvalue weighted by atomic mass is 16.3. The van der Waals surface area contributed by atoms with Gasteiger partial charge in [0.2, 0.25) is 0 Å². The number of rotatable bonds is 4. The number of fused-ring (bicyclic) bond motifs is 7. The third-order valence-electron chi connectivity index (χ3n) is 10.6. The lowest BCUT2D eigenvalue weighted by molar-refractivity contribution is 0.670. The molecule has 0 aliphatic heterocycles. The maximum atomic E-state index is 9.90. The molecule has 0 N–H and O–H groups in total. The van der Waals surface area contributed by atoms with E-state index in [0.717, 1.165) is 65.3 Å². The van der Waals surface area contributed by atoms with E-state index in [1.165, 1.54) is 0 Å². The van der Waals surface area contributed by atoms with Crippen molar-refractivity contribution < 1.29 is 12.6 Å². The topological polar surface area (TPSA) is 13.1 Å². The standard InChI is InChI=1S/C52H32O/c1-2-15-34(16-3-1)50-41-21-8-10-23-43(41)51(44-24-11-9-22-42(44)50)45-30-29-40(38-19-6-7-20-39(38)45)46-26-13-27-47-48-32-35(28-31-49(48)53-52(46)47)37-25-12-17-33-14-4-5-18-36(33)37/h1-32H/i6D,7D,19D,20D,29D,30D. The van der Waals surface area contributed by atoms with Gasteiger partial charge in [0.05, 0.1) is 8.22 Å². The monoisotopic (exact) mass is 678 g/mol. The molecule has 0 radical (unpaired) electrons. The molecule has 1 nitrogen and oxygen atoms in total. The van der Waals surface area contributed by atoms with Crippen LogP contribution >= 0.6 is 0 Å². The summed E-state index contributed by atoms with van der Waals surface area (Å²) < 4.78 is 63.1. The Bertz CT molecular complexity index is 3510. The van der Waals surface area contributed by atoms with Crippen molar-refractivity contribution in [3.63, 3.8) is 0 Å². The van der Waals surface area contributed by atoms with Gasteiger partial charge < -0.3 is 4.42 Å². The summed E-state index contributed by atoms with van der Waals surface area (Å²) in [5.41, 5.74) is 6.97. The zero-order chi connectivity index (χ0) is 40.1. The molecule has 0 atom stereocenters. The zero-order valence-corrected chi connectivity index (χ0v) is 28.4. The van der Waals surface area contributed by atoms with Gasteiger partial charge in [-0.1, -0.05) is 182 Å². The number of benzene rings is 10. The second-order valence-corrected chi connectivity index (χ2v) is 13.5. The smallest absolute Gasteiger partial charge is 0.143 e. The molecule has 0 fully saturated rings. The van der Waals surface area contributed by atoms with Crippen molar-refractivity contribution in [3.05, 3.63) is 194 Å². The molecule has 0 aliphatic carbocycles. The van der Waals surface area contributed by atoms with Crippen LogP contribution in [0.25, 0.3) is 110 Å². The van der Waals surface area contributed by atoms with Gasteiger partial charge in [-0.2, -0.15) is 0 Å². The van der Waals surface area contributed by atoms with E-state index in [1.807, 2.05) is 97.1 Å². The molecule has 0 spiro atoms. The fourth-order valence-electron chi connectivity index (χ4n) is 8.28. The van der Waals surface area contributed by atoms with Gasteiger partial charge in [0.1, 0.15) is 11.2 Å². The van der Waals surface area contributed by atoms with E-state index in [9.17, 15) is 5.48 Å². The second kappa shape index (κ2) is 11.8. The third-order valence-corrected chi connectivity index (χ3v) is 10.6. The quantitative estimate of drug-likeness (QED) is 0.169. The van der Waals surface area contributed by atoms with Crippen LogP contribution in [0.2, 0.25) is 0 Å². The highest BCUT2D eigenvalue weighted by molar-refractivity contribution is 6.24.